The van der Waals surface area contributed by atoms with Crippen molar-refractivity contribution in [2.75, 3.05) is 11.4 Å². The van der Waals surface area contributed by atoms with E-state index in [1.807, 2.05) is 0 Å². The number of benzene rings is 1. The fourth-order valence-electron chi connectivity index (χ4n) is 2.21. The molecule has 0 radical (unpaired) electrons. The highest BCUT2D eigenvalue weighted by Crippen LogP contribution is 2.25. The molecular weight excluding hydrogens is 231 g/mol. The zero-order valence-electron chi connectivity index (χ0n) is 9.64. The maximum atomic E-state index is 13.7. The summed E-state index contributed by atoms with van der Waals surface area (Å²) >= 11 is 0. The number of nitrogens with zero attached hydrogens (tertiary/aromatic N) is 2. The van der Waals surface area contributed by atoms with Gasteiger partial charge in [0.1, 0.15) is 5.82 Å². The summed E-state index contributed by atoms with van der Waals surface area (Å²) in [5.74, 6) is -0.535. The molecule has 18 heavy (non-hydrogen) atoms. The van der Waals surface area contributed by atoms with Crippen molar-refractivity contribution in [3.63, 3.8) is 0 Å². The maximum absolute atomic E-state index is 13.7. The lowest BCUT2D eigenvalue weighted by Crippen LogP contribution is -2.38. The van der Waals surface area contributed by atoms with Crippen LogP contribution < -0.4 is 4.90 Å². The maximum Gasteiger partial charge on any atom is 0.258 e. The Morgan fingerprint density at radius 3 is 2.89 bits per heavy atom. The average Bonchev–Trinajstić information content (AvgIpc) is 2.41. The normalized spacial score (nSPS) is 14.5. The van der Waals surface area contributed by atoms with Crippen LogP contribution in [0.3, 0.4) is 0 Å². The Balaban J connectivity index is 2.03. The third-order valence-electron chi connectivity index (χ3n) is 3.13. The van der Waals surface area contributed by atoms with Gasteiger partial charge >= 0.3 is 0 Å². The molecule has 0 atom stereocenters. The SMILES string of the molecule is O=C1c2ccncc2CCN1c1ccccc1F. The van der Waals surface area contributed by atoms with Crippen LogP contribution in [0.5, 0.6) is 0 Å². The smallest absolute Gasteiger partial charge is 0.258 e. The fraction of sp³-hybridized carbons (Fsp3) is 0.143. The van der Waals surface area contributed by atoms with Gasteiger partial charge in [0.2, 0.25) is 0 Å². The van der Waals surface area contributed by atoms with Gasteiger partial charge in [0, 0.05) is 24.5 Å². The summed E-state index contributed by atoms with van der Waals surface area (Å²) in [6, 6.07) is 8.02. The van der Waals surface area contributed by atoms with Crippen molar-refractivity contribution in [1.82, 2.24) is 4.98 Å². The monoisotopic (exact) mass is 242 g/mol. The van der Waals surface area contributed by atoms with E-state index in [2.05, 4.69) is 4.98 Å². The minimum absolute atomic E-state index is 0.163. The number of carbonyl (C=O) groups is 1. The summed E-state index contributed by atoms with van der Waals surface area (Å²) in [5.41, 5.74) is 1.87. The first-order valence-corrected chi connectivity index (χ1v) is 5.76. The van der Waals surface area contributed by atoms with Crippen LogP contribution in [0, 0.1) is 5.82 Å². The molecule has 0 bridgehead atoms. The van der Waals surface area contributed by atoms with Crippen LogP contribution in [0.1, 0.15) is 15.9 Å². The lowest BCUT2D eigenvalue weighted by atomic mass is 10.0. The van der Waals surface area contributed by atoms with E-state index >= 15 is 0 Å². The number of hydrogen-bond donors (Lipinski definition) is 0. The first kappa shape index (κ1) is 10.9. The summed E-state index contributed by atoms with van der Waals surface area (Å²) in [7, 11) is 0. The standard InChI is InChI=1S/C14H11FN2O/c15-12-3-1-2-4-13(12)17-8-6-10-9-16-7-5-11(10)14(17)18/h1-5,7,9H,6,8H2. The van der Waals surface area contributed by atoms with E-state index in [-0.39, 0.29) is 11.7 Å². The van der Waals surface area contributed by atoms with E-state index in [0.29, 0.717) is 24.2 Å². The summed E-state index contributed by atoms with van der Waals surface area (Å²) in [4.78, 5) is 17.8. The van der Waals surface area contributed by atoms with Gasteiger partial charge in [-0.25, -0.2) is 4.39 Å². The Morgan fingerprint density at radius 1 is 1.22 bits per heavy atom. The van der Waals surface area contributed by atoms with Crippen LogP contribution in [-0.4, -0.2) is 17.4 Å². The van der Waals surface area contributed by atoms with E-state index in [0.717, 1.165) is 5.56 Å². The van der Waals surface area contributed by atoms with Gasteiger partial charge in [0.25, 0.3) is 5.91 Å². The lowest BCUT2D eigenvalue weighted by Gasteiger charge is -2.28. The lowest BCUT2D eigenvalue weighted by molar-refractivity contribution is 0.0979. The first-order valence-electron chi connectivity index (χ1n) is 5.76. The van der Waals surface area contributed by atoms with Crippen molar-refractivity contribution in [3.05, 3.63) is 59.7 Å². The number of fused-ring (bicyclic) bond motifs is 1. The van der Waals surface area contributed by atoms with Crippen LogP contribution in [0.2, 0.25) is 0 Å². The zero-order valence-corrected chi connectivity index (χ0v) is 9.64. The van der Waals surface area contributed by atoms with Crippen molar-refractivity contribution in [2.24, 2.45) is 0 Å². The Kier molecular flexibility index (Phi) is 2.55. The molecule has 0 aliphatic carbocycles. The van der Waals surface area contributed by atoms with E-state index in [1.165, 1.54) is 11.0 Å². The Labute approximate surface area is 104 Å². The molecule has 0 spiro atoms. The molecule has 0 unspecified atom stereocenters. The molecule has 3 nitrogen and oxygen atoms in total. The van der Waals surface area contributed by atoms with Crippen molar-refractivity contribution < 1.29 is 9.18 Å². The number of halogens is 1. The molecule has 1 aromatic carbocycles. The molecule has 1 amide bonds. The van der Waals surface area contributed by atoms with Gasteiger partial charge in [-0.05, 0) is 30.2 Å². The molecule has 1 aliphatic heterocycles. The minimum Gasteiger partial charge on any atom is -0.305 e. The number of carbonyl (C=O) groups excluding carboxylic acids is 1. The third kappa shape index (κ3) is 1.66. The molecule has 2 heterocycles. The van der Waals surface area contributed by atoms with Crippen molar-refractivity contribution in [1.29, 1.82) is 0 Å². The van der Waals surface area contributed by atoms with Gasteiger partial charge in [-0.2, -0.15) is 0 Å². The topological polar surface area (TPSA) is 33.2 Å². The van der Waals surface area contributed by atoms with E-state index in [1.54, 1.807) is 36.7 Å². The molecule has 4 heteroatoms. The molecule has 2 aromatic rings. The predicted octanol–water partition coefficient (Wildman–Crippen LogP) is 2.42. The van der Waals surface area contributed by atoms with Crippen LogP contribution in [0.4, 0.5) is 10.1 Å². The van der Waals surface area contributed by atoms with Crippen molar-refractivity contribution in [2.45, 2.75) is 6.42 Å². The van der Waals surface area contributed by atoms with Gasteiger partial charge < -0.3 is 4.90 Å². The summed E-state index contributed by atoms with van der Waals surface area (Å²) in [6.45, 7) is 0.485. The Hall–Kier alpha value is -2.23. The highest BCUT2D eigenvalue weighted by Gasteiger charge is 2.26. The number of aromatic nitrogens is 1. The Morgan fingerprint density at radius 2 is 2.06 bits per heavy atom. The Bertz CT molecular complexity index is 612. The molecule has 0 saturated heterocycles. The van der Waals surface area contributed by atoms with Crippen LogP contribution >= 0.6 is 0 Å². The van der Waals surface area contributed by atoms with E-state index in [9.17, 15) is 9.18 Å². The minimum atomic E-state index is -0.372. The second-order valence-electron chi connectivity index (χ2n) is 4.19. The molecule has 1 aromatic heterocycles. The number of anilines is 1. The summed E-state index contributed by atoms with van der Waals surface area (Å²) in [5, 5.41) is 0. The number of para-hydroxylation sites is 1. The highest BCUT2D eigenvalue weighted by atomic mass is 19.1. The van der Waals surface area contributed by atoms with Crippen LogP contribution in [0.25, 0.3) is 0 Å². The quantitative estimate of drug-likeness (QED) is 0.769. The van der Waals surface area contributed by atoms with Crippen molar-refractivity contribution in [3.8, 4) is 0 Å². The van der Waals surface area contributed by atoms with Gasteiger partial charge in [-0.3, -0.25) is 9.78 Å². The van der Waals surface area contributed by atoms with Crippen LogP contribution in [0.15, 0.2) is 42.7 Å². The van der Waals surface area contributed by atoms with E-state index < -0.39 is 0 Å². The van der Waals surface area contributed by atoms with Crippen molar-refractivity contribution >= 4 is 11.6 Å². The molecule has 0 N–H and O–H groups in total. The van der Waals surface area contributed by atoms with E-state index in [4.69, 9.17) is 0 Å². The molecule has 0 fully saturated rings. The molecule has 3 rings (SSSR count). The zero-order chi connectivity index (χ0) is 12.5. The number of pyridine rings is 1. The summed E-state index contributed by atoms with van der Waals surface area (Å²) < 4.78 is 13.7. The van der Waals surface area contributed by atoms with Gasteiger partial charge in [-0.15, -0.1) is 0 Å². The molecule has 90 valence electrons. The largest absolute Gasteiger partial charge is 0.305 e. The fourth-order valence-corrected chi connectivity index (χ4v) is 2.21. The molecule has 0 saturated carbocycles. The molecule has 1 aliphatic rings. The highest BCUT2D eigenvalue weighted by molar-refractivity contribution is 6.08. The average molecular weight is 242 g/mol. The number of rotatable bonds is 1. The number of amides is 1. The first-order chi connectivity index (χ1) is 8.77. The molecular formula is C14H11FN2O. The van der Waals surface area contributed by atoms with Gasteiger partial charge in [0.15, 0.2) is 0 Å². The number of hydrogen-bond acceptors (Lipinski definition) is 2. The van der Waals surface area contributed by atoms with Crippen LogP contribution in [-0.2, 0) is 6.42 Å². The third-order valence-corrected chi connectivity index (χ3v) is 3.13. The summed E-state index contributed by atoms with van der Waals surface area (Å²) in [6.07, 6.45) is 3.98. The van der Waals surface area contributed by atoms with Gasteiger partial charge in [0.05, 0.1) is 5.69 Å². The second kappa shape index (κ2) is 4.22. The second-order valence-corrected chi connectivity index (χ2v) is 4.19. The van der Waals surface area contributed by atoms with Gasteiger partial charge in [-0.1, -0.05) is 12.1 Å². The predicted molar refractivity (Wildman–Crippen MR) is 66.0 cm³/mol.